The van der Waals surface area contributed by atoms with Crippen molar-refractivity contribution in [3.05, 3.63) is 22.8 Å². The van der Waals surface area contributed by atoms with Crippen molar-refractivity contribution < 1.29 is 50.0 Å². The van der Waals surface area contributed by atoms with Crippen molar-refractivity contribution in [1.29, 1.82) is 0 Å². The van der Waals surface area contributed by atoms with Gasteiger partial charge in [-0.05, 0) is 103 Å². The summed E-state index contributed by atoms with van der Waals surface area (Å²) in [6.07, 6.45) is -1.55. The molecule has 3 saturated carbocycles. The number of hydrogen-bond acceptors (Lipinski definition) is 10. The summed E-state index contributed by atoms with van der Waals surface area (Å²) >= 11 is 0. The topological polar surface area (TPSA) is 177 Å². The molecule has 6 aliphatic rings. The smallest absolute Gasteiger partial charge is 0.318 e. The molecular weight excluding hydrogens is 592 g/mol. The minimum atomic E-state index is -1.67. The zero-order chi connectivity index (χ0) is 33.8. The highest BCUT2D eigenvalue weighted by Gasteiger charge is 2.70. The van der Waals surface area contributed by atoms with E-state index in [9.17, 15) is 40.5 Å². The van der Waals surface area contributed by atoms with Gasteiger partial charge in [0, 0.05) is 5.41 Å². The molecule has 7 N–H and O–H groups in total. The number of hydrogen-bond donors (Lipinski definition) is 7. The van der Waals surface area contributed by atoms with Crippen molar-refractivity contribution in [1.82, 2.24) is 0 Å². The molecule has 15 atom stereocenters. The number of carbonyl (C=O) groups excluding carboxylic acids is 1. The van der Waals surface area contributed by atoms with Crippen molar-refractivity contribution in [2.45, 2.75) is 136 Å². The second kappa shape index (κ2) is 11.3. The van der Waals surface area contributed by atoms with Crippen molar-refractivity contribution in [3.63, 3.8) is 0 Å². The molecule has 0 unspecified atom stereocenters. The van der Waals surface area contributed by atoms with E-state index < -0.39 is 66.3 Å². The molecule has 4 fully saturated rings. The fourth-order valence-corrected chi connectivity index (χ4v) is 11.8. The summed E-state index contributed by atoms with van der Waals surface area (Å²) in [7, 11) is 0. The lowest BCUT2D eigenvalue weighted by molar-refractivity contribution is -0.295. The number of aliphatic hydroxyl groups is 7. The number of aliphatic hydroxyl groups excluding tert-OH is 7. The van der Waals surface area contributed by atoms with Crippen LogP contribution in [0.3, 0.4) is 0 Å². The van der Waals surface area contributed by atoms with Gasteiger partial charge in [-0.3, -0.25) is 4.79 Å². The lowest BCUT2D eigenvalue weighted by atomic mass is 9.34. The zero-order valence-electron chi connectivity index (χ0n) is 28.3. The molecule has 1 saturated heterocycles. The number of allylic oxidation sites excluding steroid dienone is 3. The Kier molecular flexibility index (Phi) is 8.50. The van der Waals surface area contributed by atoms with E-state index in [1.807, 2.05) is 6.92 Å². The molecule has 6 rings (SSSR count). The standard InChI is InChI=1S/C36H56O10/c1-18-9-12-36(31(44)46-30-28(42)27(41)26(40)22(16-37)45-30)14-13-34(5)20(25(36)19(18)2)7-8-24-32(3)15-21(39)29(43)33(4,17-38)23(32)10-11-35(24,34)6/h7,18,21-24,26-30,37-43H,8-17H2,1-6H3/t18-,21-,22-,23-,24-,26-,27+,28-,29-,30+,32+,33-,34-,35-,36+/m1/s1. The molecule has 10 heteroatoms. The Morgan fingerprint density at radius 2 is 1.63 bits per heavy atom. The van der Waals surface area contributed by atoms with Gasteiger partial charge in [0.2, 0.25) is 6.29 Å². The van der Waals surface area contributed by atoms with Gasteiger partial charge in [0.15, 0.2) is 0 Å². The van der Waals surface area contributed by atoms with Crippen LogP contribution in [0, 0.1) is 44.8 Å². The highest BCUT2D eigenvalue weighted by Crippen LogP contribution is 2.75. The van der Waals surface area contributed by atoms with Gasteiger partial charge in [-0.15, -0.1) is 0 Å². The van der Waals surface area contributed by atoms with Gasteiger partial charge in [0.25, 0.3) is 0 Å². The first-order valence-corrected chi connectivity index (χ1v) is 17.4. The number of rotatable bonds is 4. The maximum Gasteiger partial charge on any atom is 0.318 e. The quantitative estimate of drug-likeness (QED) is 0.224. The van der Waals surface area contributed by atoms with Crippen molar-refractivity contribution in [2.24, 2.45) is 44.8 Å². The summed E-state index contributed by atoms with van der Waals surface area (Å²) in [5.74, 6) is -0.0274. The molecule has 0 bridgehead atoms. The highest BCUT2D eigenvalue weighted by molar-refractivity contribution is 5.84. The summed E-state index contributed by atoms with van der Waals surface area (Å²) in [6, 6.07) is 0. The van der Waals surface area contributed by atoms with Crippen LogP contribution in [0.4, 0.5) is 0 Å². The fourth-order valence-electron chi connectivity index (χ4n) is 11.8. The second-order valence-electron chi connectivity index (χ2n) is 16.8. The molecule has 5 aliphatic carbocycles. The van der Waals surface area contributed by atoms with Crippen LogP contribution in [-0.4, -0.2) is 97.8 Å². The molecule has 0 aromatic rings. The number of ether oxygens (including phenoxy) is 2. The van der Waals surface area contributed by atoms with E-state index in [2.05, 4.69) is 40.7 Å². The van der Waals surface area contributed by atoms with Gasteiger partial charge in [-0.2, -0.15) is 0 Å². The van der Waals surface area contributed by atoms with Crippen LogP contribution in [0.2, 0.25) is 0 Å². The van der Waals surface area contributed by atoms with Gasteiger partial charge in [0.1, 0.15) is 24.4 Å². The van der Waals surface area contributed by atoms with E-state index in [1.54, 1.807) is 0 Å². The normalized spacial score (nSPS) is 53.7. The number of fused-ring (bicyclic) bond motifs is 7. The van der Waals surface area contributed by atoms with Crippen LogP contribution in [0.25, 0.3) is 0 Å². The van der Waals surface area contributed by atoms with Crippen LogP contribution in [0.5, 0.6) is 0 Å². The summed E-state index contributed by atoms with van der Waals surface area (Å²) < 4.78 is 11.5. The van der Waals surface area contributed by atoms with E-state index in [1.165, 1.54) is 5.57 Å². The first kappa shape index (κ1) is 34.5. The largest absolute Gasteiger partial charge is 0.432 e. The molecule has 0 amide bonds. The maximum atomic E-state index is 14.4. The Hall–Kier alpha value is -1.37. The van der Waals surface area contributed by atoms with Crippen molar-refractivity contribution in [2.75, 3.05) is 13.2 Å². The molecule has 1 aliphatic heterocycles. The van der Waals surface area contributed by atoms with Gasteiger partial charge in [0.05, 0.1) is 30.8 Å². The molecule has 1 heterocycles. The lowest BCUT2D eigenvalue weighted by Crippen LogP contribution is -2.67. The van der Waals surface area contributed by atoms with Crippen LogP contribution in [0.1, 0.15) is 92.9 Å². The average Bonchev–Trinajstić information content (AvgIpc) is 3.02. The van der Waals surface area contributed by atoms with Crippen molar-refractivity contribution in [3.8, 4) is 0 Å². The molecule has 0 aromatic carbocycles. The molecule has 260 valence electrons. The Balaban J connectivity index is 1.39. The van der Waals surface area contributed by atoms with E-state index in [4.69, 9.17) is 9.47 Å². The third-order valence-corrected chi connectivity index (χ3v) is 15.0. The molecule has 0 radical (unpaired) electrons. The first-order chi connectivity index (χ1) is 21.5. The van der Waals surface area contributed by atoms with Crippen LogP contribution < -0.4 is 0 Å². The molecule has 0 spiro atoms. The Labute approximate surface area is 272 Å². The van der Waals surface area contributed by atoms with Gasteiger partial charge >= 0.3 is 5.97 Å². The molecule has 46 heavy (non-hydrogen) atoms. The minimum absolute atomic E-state index is 0.0480. The van der Waals surface area contributed by atoms with E-state index >= 15 is 0 Å². The average molecular weight is 649 g/mol. The predicted molar refractivity (Wildman–Crippen MR) is 168 cm³/mol. The summed E-state index contributed by atoms with van der Waals surface area (Å²) in [5.41, 5.74) is 0.798. The summed E-state index contributed by atoms with van der Waals surface area (Å²) in [5, 5.41) is 73.8. The third kappa shape index (κ3) is 4.40. The second-order valence-corrected chi connectivity index (χ2v) is 16.8. The Morgan fingerprint density at radius 3 is 2.28 bits per heavy atom. The SMILES string of the molecule is CC1=C2C3=CC[C@@H]4[C@@]5(C)C[C@@H](O)[C@@H](O)[C@](C)(CO)[C@@H]5CC[C@@]4(C)[C@]3(C)CC[C@@]2(C(=O)O[C@@H]2O[C@H](CO)[C@@H](O)[C@H](O)[C@H]2O)CC[C@H]1C. The Bertz CT molecular complexity index is 1300. The van der Waals surface area contributed by atoms with Gasteiger partial charge in [-0.25, -0.2) is 0 Å². The van der Waals surface area contributed by atoms with Crippen LogP contribution in [-0.2, 0) is 14.3 Å². The number of carbonyl (C=O) groups is 1. The molecular formula is C36H56O10. The highest BCUT2D eigenvalue weighted by atomic mass is 16.7. The lowest BCUT2D eigenvalue weighted by Gasteiger charge is -2.70. The van der Waals surface area contributed by atoms with E-state index in [0.29, 0.717) is 19.3 Å². The van der Waals surface area contributed by atoms with Gasteiger partial charge in [-0.1, -0.05) is 46.3 Å². The minimum Gasteiger partial charge on any atom is -0.432 e. The predicted octanol–water partition coefficient (Wildman–Crippen LogP) is 2.36. The maximum absolute atomic E-state index is 14.4. The third-order valence-electron chi connectivity index (χ3n) is 15.0. The fraction of sp³-hybridized carbons (Fsp3) is 0.861. The monoisotopic (exact) mass is 648 g/mol. The van der Waals surface area contributed by atoms with E-state index in [-0.39, 0.29) is 40.6 Å². The van der Waals surface area contributed by atoms with Crippen LogP contribution in [0.15, 0.2) is 22.8 Å². The number of esters is 1. The molecule has 0 aromatic heterocycles. The van der Waals surface area contributed by atoms with Gasteiger partial charge < -0.3 is 45.2 Å². The zero-order valence-corrected chi connectivity index (χ0v) is 28.3. The van der Waals surface area contributed by atoms with Crippen LogP contribution >= 0.6 is 0 Å². The molecule has 10 nitrogen and oxygen atoms in total. The van der Waals surface area contributed by atoms with E-state index in [0.717, 1.165) is 43.3 Å². The Morgan fingerprint density at radius 1 is 0.935 bits per heavy atom. The summed E-state index contributed by atoms with van der Waals surface area (Å²) in [4.78, 5) is 14.4. The first-order valence-electron chi connectivity index (χ1n) is 17.4. The summed E-state index contributed by atoms with van der Waals surface area (Å²) in [6.45, 7) is 12.4. The van der Waals surface area contributed by atoms with Crippen molar-refractivity contribution >= 4 is 5.97 Å².